The molecule has 0 saturated heterocycles. The van der Waals surface area contributed by atoms with E-state index in [1.54, 1.807) is 42.7 Å². The fourth-order valence-corrected chi connectivity index (χ4v) is 5.74. The third-order valence-electron chi connectivity index (χ3n) is 6.06. The quantitative estimate of drug-likeness (QED) is 0.558. The second kappa shape index (κ2) is 6.96. The van der Waals surface area contributed by atoms with Crippen molar-refractivity contribution < 1.29 is 8.42 Å². The van der Waals surface area contributed by atoms with Gasteiger partial charge in [0.05, 0.1) is 22.9 Å². The topological polar surface area (TPSA) is 95.8 Å². The fourth-order valence-electron chi connectivity index (χ4n) is 4.42. The summed E-state index contributed by atoms with van der Waals surface area (Å²) >= 11 is 0. The van der Waals surface area contributed by atoms with Crippen LogP contribution in [0.1, 0.15) is 31.7 Å². The molecule has 0 unspecified atom stereocenters. The van der Waals surface area contributed by atoms with Crippen LogP contribution in [0.5, 0.6) is 0 Å². The number of aromatic nitrogens is 4. The first kappa shape index (κ1) is 18.3. The van der Waals surface area contributed by atoms with E-state index >= 15 is 0 Å². The standard InChI is InChI=1S/C21H23N5O2S/c22-12-15-6-8-16(9-7-15)25-14-24-19-13-23-21-18(20(19)25)10-11-26(21)29(27,28)17-4-2-1-3-5-17/h1-5,10-11,13-16H,6-9,12,22H2. The molecule has 150 valence electrons. The van der Waals surface area contributed by atoms with Gasteiger partial charge in [0.1, 0.15) is 5.52 Å². The summed E-state index contributed by atoms with van der Waals surface area (Å²) in [5, 5.41) is 0.806. The molecule has 0 amide bonds. The van der Waals surface area contributed by atoms with E-state index in [1.165, 1.54) is 3.97 Å². The molecule has 0 atom stereocenters. The highest BCUT2D eigenvalue weighted by atomic mass is 32.2. The van der Waals surface area contributed by atoms with Crippen LogP contribution >= 0.6 is 0 Å². The third-order valence-corrected chi connectivity index (χ3v) is 7.74. The molecule has 3 aromatic heterocycles. The molecule has 1 fully saturated rings. The van der Waals surface area contributed by atoms with Crippen molar-refractivity contribution in [2.45, 2.75) is 36.6 Å². The smallest absolute Gasteiger partial charge is 0.269 e. The highest BCUT2D eigenvalue weighted by Gasteiger charge is 2.25. The van der Waals surface area contributed by atoms with E-state index in [-0.39, 0.29) is 4.90 Å². The van der Waals surface area contributed by atoms with Crippen molar-refractivity contribution in [2.75, 3.05) is 6.54 Å². The van der Waals surface area contributed by atoms with Gasteiger partial charge in [-0.1, -0.05) is 18.2 Å². The molecular formula is C21H23N5O2S. The van der Waals surface area contributed by atoms with Crippen LogP contribution in [-0.4, -0.2) is 33.5 Å². The molecule has 1 saturated carbocycles. The molecular weight excluding hydrogens is 386 g/mol. The van der Waals surface area contributed by atoms with Gasteiger partial charge in [0.15, 0.2) is 5.65 Å². The minimum absolute atomic E-state index is 0.244. The summed E-state index contributed by atoms with van der Waals surface area (Å²) in [6.45, 7) is 0.742. The second-order valence-electron chi connectivity index (χ2n) is 7.72. The first-order chi connectivity index (χ1) is 14.1. The minimum atomic E-state index is -3.71. The van der Waals surface area contributed by atoms with Crippen LogP contribution in [0.2, 0.25) is 0 Å². The van der Waals surface area contributed by atoms with E-state index in [9.17, 15) is 8.42 Å². The maximum absolute atomic E-state index is 13.1. The Bertz CT molecular complexity index is 1270. The largest absolute Gasteiger partial charge is 0.330 e. The number of rotatable bonds is 4. The molecule has 0 aliphatic heterocycles. The van der Waals surface area contributed by atoms with Gasteiger partial charge in [0.25, 0.3) is 10.0 Å². The van der Waals surface area contributed by atoms with Crippen LogP contribution in [0.25, 0.3) is 22.1 Å². The zero-order chi connectivity index (χ0) is 20.0. The molecule has 3 heterocycles. The fraction of sp³-hybridized carbons (Fsp3) is 0.333. The third kappa shape index (κ3) is 2.94. The van der Waals surface area contributed by atoms with Crippen molar-refractivity contribution in [3.63, 3.8) is 0 Å². The van der Waals surface area contributed by atoms with Crippen LogP contribution in [0.3, 0.4) is 0 Å². The van der Waals surface area contributed by atoms with Gasteiger partial charge in [-0.2, -0.15) is 0 Å². The first-order valence-electron chi connectivity index (χ1n) is 9.93. The van der Waals surface area contributed by atoms with E-state index < -0.39 is 10.0 Å². The highest BCUT2D eigenvalue weighted by molar-refractivity contribution is 7.90. The van der Waals surface area contributed by atoms with Crippen molar-refractivity contribution in [2.24, 2.45) is 11.7 Å². The summed E-state index contributed by atoms with van der Waals surface area (Å²) in [6.07, 6.45) is 9.44. The predicted molar refractivity (Wildman–Crippen MR) is 112 cm³/mol. The van der Waals surface area contributed by atoms with Gasteiger partial charge >= 0.3 is 0 Å². The van der Waals surface area contributed by atoms with Crippen LogP contribution in [0.4, 0.5) is 0 Å². The van der Waals surface area contributed by atoms with Gasteiger partial charge in [0.2, 0.25) is 0 Å². The Morgan fingerprint density at radius 1 is 1.03 bits per heavy atom. The molecule has 5 rings (SSSR count). The summed E-state index contributed by atoms with van der Waals surface area (Å²) < 4.78 is 29.7. The lowest BCUT2D eigenvalue weighted by Gasteiger charge is -2.29. The first-order valence-corrected chi connectivity index (χ1v) is 11.4. The molecule has 1 aromatic carbocycles. The van der Waals surface area contributed by atoms with E-state index in [0.717, 1.165) is 48.6 Å². The summed E-state index contributed by atoms with van der Waals surface area (Å²) in [6, 6.07) is 10.6. The average molecular weight is 410 g/mol. The Morgan fingerprint density at radius 2 is 1.79 bits per heavy atom. The number of hydrogen-bond donors (Lipinski definition) is 1. The van der Waals surface area contributed by atoms with Gasteiger partial charge in [-0.05, 0) is 56.3 Å². The lowest BCUT2D eigenvalue weighted by Crippen LogP contribution is -2.23. The van der Waals surface area contributed by atoms with Crippen LogP contribution in [0, 0.1) is 5.92 Å². The minimum Gasteiger partial charge on any atom is -0.330 e. The van der Waals surface area contributed by atoms with E-state index in [1.807, 2.05) is 12.4 Å². The van der Waals surface area contributed by atoms with Crippen molar-refractivity contribution in [3.05, 3.63) is 55.1 Å². The van der Waals surface area contributed by atoms with Crippen molar-refractivity contribution in [3.8, 4) is 0 Å². The number of imidazole rings is 1. The number of pyridine rings is 1. The molecule has 4 aromatic rings. The van der Waals surface area contributed by atoms with Gasteiger partial charge in [-0.3, -0.25) is 0 Å². The monoisotopic (exact) mass is 409 g/mol. The van der Waals surface area contributed by atoms with Gasteiger partial charge < -0.3 is 10.3 Å². The zero-order valence-corrected chi connectivity index (χ0v) is 16.8. The maximum Gasteiger partial charge on any atom is 0.269 e. The summed E-state index contributed by atoms with van der Waals surface area (Å²) in [5.41, 5.74) is 8.00. The second-order valence-corrected chi connectivity index (χ2v) is 9.54. The average Bonchev–Trinajstić information content (AvgIpc) is 3.38. The maximum atomic E-state index is 13.1. The predicted octanol–water partition coefficient (Wildman–Crippen LogP) is 3.31. The van der Waals surface area contributed by atoms with Crippen LogP contribution in [0.15, 0.2) is 60.0 Å². The van der Waals surface area contributed by atoms with Gasteiger partial charge in [-0.15, -0.1) is 0 Å². The molecule has 0 spiro atoms. The number of benzene rings is 1. The Balaban J connectivity index is 1.63. The molecule has 0 radical (unpaired) electrons. The molecule has 0 bridgehead atoms. The van der Waals surface area contributed by atoms with E-state index in [0.29, 0.717) is 17.6 Å². The number of nitrogens with two attached hydrogens (primary N) is 1. The summed E-state index contributed by atoms with van der Waals surface area (Å²) in [5.74, 6) is 0.597. The molecule has 1 aliphatic carbocycles. The Kier molecular flexibility index (Phi) is 4.40. The van der Waals surface area contributed by atoms with Crippen molar-refractivity contribution >= 4 is 32.1 Å². The molecule has 7 nitrogen and oxygen atoms in total. The zero-order valence-electron chi connectivity index (χ0n) is 16.0. The highest BCUT2D eigenvalue weighted by Crippen LogP contribution is 2.35. The van der Waals surface area contributed by atoms with Gasteiger partial charge in [0, 0.05) is 17.6 Å². The number of fused-ring (bicyclic) bond motifs is 3. The number of nitrogens with zero attached hydrogens (tertiary/aromatic N) is 4. The van der Waals surface area contributed by atoms with Crippen molar-refractivity contribution in [1.82, 2.24) is 18.5 Å². The van der Waals surface area contributed by atoms with Crippen LogP contribution in [-0.2, 0) is 10.0 Å². The molecule has 2 N–H and O–H groups in total. The summed E-state index contributed by atoms with van der Waals surface area (Å²) in [4.78, 5) is 9.21. The number of hydrogen-bond acceptors (Lipinski definition) is 5. The molecule has 1 aliphatic rings. The SMILES string of the molecule is NCC1CCC(n2cnc3cnc4c(ccn4S(=O)(=O)c4ccccc4)c32)CC1. The van der Waals surface area contributed by atoms with Crippen molar-refractivity contribution in [1.29, 1.82) is 0 Å². The van der Waals surface area contributed by atoms with Gasteiger partial charge in [-0.25, -0.2) is 22.4 Å². The van der Waals surface area contributed by atoms with E-state index in [2.05, 4.69) is 14.5 Å². The lowest BCUT2D eigenvalue weighted by molar-refractivity contribution is 0.283. The normalized spacial score (nSPS) is 20.4. The molecule has 8 heteroatoms. The lowest BCUT2D eigenvalue weighted by atomic mass is 9.86. The van der Waals surface area contributed by atoms with Crippen LogP contribution < -0.4 is 5.73 Å². The Hall–Kier alpha value is -2.71. The Labute approximate surface area is 169 Å². The Morgan fingerprint density at radius 3 is 2.52 bits per heavy atom. The van der Waals surface area contributed by atoms with E-state index in [4.69, 9.17) is 5.73 Å². The molecule has 29 heavy (non-hydrogen) atoms. The summed E-state index contributed by atoms with van der Waals surface area (Å²) in [7, 11) is -3.71.